The summed E-state index contributed by atoms with van der Waals surface area (Å²) in [7, 11) is 3.32. The van der Waals surface area contributed by atoms with Gasteiger partial charge in [0.2, 0.25) is 0 Å². The van der Waals surface area contributed by atoms with E-state index >= 15 is 0 Å². The van der Waals surface area contributed by atoms with Crippen LogP contribution in [0.4, 0.5) is 0 Å². The minimum absolute atomic E-state index is 0.443. The van der Waals surface area contributed by atoms with Gasteiger partial charge in [0.1, 0.15) is 18.1 Å². The Labute approximate surface area is 114 Å². The third kappa shape index (κ3) is 5.68. The zero-order valence-electron chi connectivity index (χ0n) is 11.3. The molecular formula is C14H19N3O2. The molecule has 102 valence electrons. The summed E-state index contributed by atoms with van der Waals surface area (Å²) >= 11 is 0. The van der Waals surface area contributed by atoms with E-state index in [-0.39, 0.29) is 0 Å². The summed E-state index contributed by atoms with van der Waals surface area (Å²) in [5.74, 6) is 4.76. The van der Waals surface area contributed by atoms with Gasteiger partial charge in [0.25, 0.3) is 0 Å². The van der Waals surface area contributed by atoms with Gasteiger partial charge in [-0.1, -0.05) is 5.92 Å². The highest BCUT2D eigenvalue weighted by molar-refractivity contribution is 5.79. The van der Waals surface area contributed by atoms with Gasteiger partial charge in [-0.15, -0.1) is 6.42 Å². The minimum atomic E-state index is 0.443. The lowest BCUT2D eigenvalue weighted by Gasteiger charge is -2.11. The van der Waals surface area contributed by atoms with Crippen molar-refractivity contribution in [1.29, 1.82) is 0 Å². The van der Waals surface area contributed by atoms with Gasteiger partial charge >= 0.3 is 0 Å². The second-order valence-electron chi connectivity index (χ2n) is 3.58. The molecule has 19 heavy (non-hydrogen) atoms. The van der Waals surface area contributed by atoms with Crippen LogP contribution in [0.15, 0.2) is 29.3 Å². The quantitative estimate of drug-likeness (QED) is 0.345. The molecule has 0 atom stereocenters. The van der Waals surface area contributed by atoms with Crippen LogP contribution in [0.5, 0.6) is 11.5 Å². The van der Waals surface area contributed by atoms with E-state index < -0.39 is 0 Å². The first kappa shape index (κ1) is 14.7. The highest BCUT2D eigenvalue weighted by atomic mass is 16.5. The van der Waals surface area contributed by atoms with E-state index in [9.17, 15) is 0 Å². The van der Waals surface area contributed by atoms with Crippen LogP contribution in [0.2, 0.25) is 0 Å². The highest BCUT2D eigenvalue weighted by Crippen LogP contribution is 2.16. The maximum atomic E-state index is 5.56. The highest BCUT2D eigenvalue weighted by Gasteiger charge is 1.97. The molecule has 0 aliphatic carbocycles. The molecule has 0 amide bonds. The van der Waals surface area contributed by atoms with Crippen LogP contribution < -0.4 is 20.1 Å². The van der Waals surface area contributed by atoms with Crippen molar-refractivity contribution in [2.45, 2.75) is 0 Å². The smallest absolute Gasteiger partial charge is 0.191 e. The van der Waals surface area contributed by atoms with Crippen LogP contribution in [0.25, 0.3) is 0 Å². The van der Waals surface area contributed by atoms with E-state index in [1.807, 2.05) is 24.3 Å². The zero-order chi connectivity index (χ0) is 13.9. The van der Waals surface area contributed by atoms with E-state index in [2.05, 4.69) is 21.5 Å². The van der Waals surface area contributed by atoms with Crippen LogP contribution in [-0.2, 0) is 0 Å². The van der Waals surface area contributed by atoms with Crippen molar-refractivity contribution in [2.75, 3.05) is 33.9 Å². The Bertz CT molecular complexity index is 435. The van der Waals surface area contributed by atoms with Crippen LogP contribution in [0.3, 0.4) is 0 Å². The molecule has 0 saturated carbocycles. The van der Waals surface area contributed by atoms with Gasteiger partial charge in [-0.05, 0) is 24.3 Å². The summed E-state index contributed by atoms with van der Waals surface area (Å²) in [6.07, 6.45) is 5.16. The molecule has 0 unspecified atom stereocenters. The molecule has 0 heterocycles. The van der Waals surface area contributed by atoms with Gasteiger partial charge in [-0.2, -0.15) is 0 Å². The predicted octanol–water partition coefficient (Wildman–Crippen LogP) is 0.872. The van der Waals surface area contributed by atoms with Crippen molar-refractivity contribution in [3.05, 3.63) is 24.3 Å². The lowest BCUT2D eigenvalue weighted by molar-refractivity contribution is 0.321. The van der Waals surface area contributed by atoms with E-state index in [0.29, 0.717) is 25.7 Å². The Morgan fingerprint density at radius 2 is 1.95 bits per heavy atom. The van der Waals surface area contributed by atoms with Gasteiger partial charge in [-0.25, -0.2) is 0 Å². The molecule has 5 nitrogen and oxygen atoms in total. The molecule has 5 heteroatoms. The summed E-state index contributed by atoms with van der Waals surface area (Å²) in [5.41, 5.74) is 0. The lowest BCUT2D eigenvalue weighted by Crippen LogP contribution is -2.39. The number of methoxy groups -OCH3 is 1. The topological polar surface area (TPSA) is 54.9 Å². The largest absolute Gasteiger partial charge is 0.497 e. The molecule has 1 aromatic carbocycles. The van der Waals surface area contributed by atoms with Crippen molar-refractivity contribution in [2.24, 2.45) is 4.99 Å². The second kappa shape index (κ2) is 8.70. The lowest BCUT2D eigenvalue weighted by atomic mass is 10.3. The Morgan fingerprint density at radius 3 is 2.53 bits per heavy atom. The molecule has 0 saturated heterocycles. The monoisotopic (exact) mass is 261 g/mol. The third-order valence-electron chi connectivity index (χ3n) is 2.30. The van der Waals surface area contributed by atoms with E-state index in [1.54, 1.807) is 14.2 Å². The van der Waals surface area contributed by atoms with Gasteiger partial charge < -0.3 is 20.1 Å². The van der Waals surface area contributed by atoms with E-state index in [0.717, 1.165) is 11.5 Å². The first-order valence-electron chi connectivity index (χ1n) is 5.95. The van der Waals surface area contributed by atoms with Crippen molar-refractivity contribution in [1.82, 2.24) is 10.6 Å². The average molecular weight is 261 g/mol. The molecule has 0 aliphatic heterocycles. The van der Waals surface area contributed by atoms with Gasteiger partial charge in [0.15, 0.2) is 5.96 Å². The molecule has 2 N–H and O–H groups in total. The standard InChI is InChI=1S/C14H19N3O2/c1-4-9-16-14(15-2)17-10-11-19-13-7-5-12(18-3)6-8-13/h1,5-8H,9-11H2,2-3H3,(H2,15,16,17). The normalized spacial score (nSPS) is 10.5. The molecule has 1 rings (SSSR count). The van der Waals surface area contributed by atoms with Crippen LogP contribution in [0.1, 0.15) is 0 Å². The Balaban J connectivity index is 2.24. The molecule has 0 spiro atoms. The third-order valence-corrected chi connectivity index (χ3v) is 2.30. The van der Waals surface area contributed by atoms with Crippen molar-refractivity contribution >= 4 is 5.96 Å². The van der Waals surface area contributed by atoms with Crippen molar-refractivity contribution in [3.8, 4) is 23.8 Å². The fourth-order valence-electron chi connectivity index (χ4n) is 1.37. The summed E-state index contributed by atoms with van der Waals surface area (Å²) < 4.78 is 10.6. The van der Waals surface area contributed by atoms with E-state index in [4.69, 9.17) is 15.9 Å². The second-order valence-corrected chi connectivity index (χ2v) is 3.58. The fraction of sp³-hybridized carbons (Fsp3) is 0.357. The van der Waals surface area contributed by atoms with Gasteiger partial charge in [0, 0.05) is 7.05 Å². The van der Waals surface area contributed by atoms with Crippen LogP contribution in [-0.4, -0.2) is 39.8 Å². The number of nitrogens with one attached hydrogen (secondary N) is 2. The predicted molar refractivity (Wildman–Crippen MR) is 76.7 cm³/mol. The summed E-state index contributed by atoms with van der Waals surface area (Å²) in [4.78, 5) is 4.02. The first-order chi connectivity index (χ1) is 9.30. The van der Waals surface area contributed by atoms with Crippen LogP contribution >= 0.6 is 0 Å². The summed E-state index contributed by atoms with van der Waals surface area (Å²) in [6.45, 7) is 1.61. The zero-order valence-corrected chi connectivity index (χ0v) is 11.3. The van der Waals surface area contributed by atoms with Gasteiger partial charge in [-0.3, -0.25) is 4.99 Å². The number of hydrogen-bond acceptors (Lipinski definition) is 3. The number of guanidine groups is 1. The van der Waals surface area contributed by atoms with Gasteiger partial charge in [0.05, 0.1) is 20.2 Å². The number of rotatable bonds is 6. The van der Waals surface area contributed by atoms with Crippen molar-refractivity contribution < 1.29 is 9.47 Å². The number of ether oxygens (including phenoxy) is 2. The maximum Gasteiger partial charge on any atom is 0.191 e. The minimum Gasteiger partial charge on any atom is -0.497 e. The number of benzene rings is 1. The average Bonchev–Trinajstić information content (AvgIpc) is 2.47. The molecule has 0 radical (unpaired) electrons. The molecule has 1 aromatic rings. The van der Waals surface area contributed by atoms with Crippen LogP contribution in [0, 0.1) is 12.3 Å². The summed E-state index contributed by atoms with van der Waals surface area (Å²) in [5, 5.41) is 6.05. The molecular weight excluding hydrogens is 242 g/mol. The SMILES string of the molecule is C#CCNC(=NC)NCCOc1ccc(OC)cc1. The molecule has 0 bridgehead atoms. The maximum absolute atomic E-state index is 5.56. The molecule has 0 fully saturated rings. The Morgan fingerprint density at radius 1 is 1.26 bits per heavy atom. The molecule has 0 aliphatic rings. The Kier molecular flexibility index (Phi) is 6.73. The van der Waals surface area contributed by atoms with Crippen molar-refractivity contribution in [3.63, 3.8) is 0 Å². The number of aliphatic imine (C=N–C) groups is 1. The number of terminal acetylenes is 1. The van der Waals surface area contributed by atoms with E-state index in [1.165, 1.54) is 0 Å². The summed E-state index contributed by atoms with van der Waals surface area (Å²) in [6, 6.07) is 7.45. The number of hydrogen-bond donors (Lipinski definition) is 2. The fourth-order valence-corrected chi connectivity index (χ4v) is 1.37. The Hall–Kier alpha value is -2.35. The first-order valence-corrected chi connectivity index (χ1v) is 5.95. The molecule has 0 aromatic heterocycles. The number of nitrogens with zero attached hydrogens (tertiary/aromatic N) is 1.